The van der Waals surface area contributed by atoms with Crippen molar-refractivity contribution in [1.29, 1.82) is 0 Å². The monoisotopic (exact) mass is 246 g/mol. The predicted octanol–water partition coefficient (Wildman–Crippen LogP) is 3.23. The lowest BCUT2D eigenvalue weighted by Gasteiger charge is -2.08. The van der Waals surface area contributed by atoms with Gasteiger partial charge in [0.25, 0.3) is 5.69 Å². The molecule has 0 fully saturated rings. The van der Waals surface area contributed by atoms with Crippen LogP contribution in [0.1, 0.15) is 5.56 Å². The Hall–Kier alpha value is -2.30. The van der Waals surface area contributed by atoms with Crippen molar-refractivity contribution >= 4 is 11.6 Å². The first-order chi connectivity index (χ1) is 8.49. The Morgan fingerprint density at radius 2 is 1.83 bits per heavy atom. The Labute approximate surface area is 105 Å². The lowest BCUT2D eigenvalue weighted by Crippen LogP contribution is -2.08. The van der Waals surface area contributed by atoms with Crippen LogP contribution in [0.2, 0.25) is 0 Å². The summed E-state index contributed by atoms with van der Waals surface area (Å²) in [6.45, 7) is 1.97. The van der Waals surface area contributed by atoms with Gasteiger partial charge in [0.05, 0.1) is 4.92 Å². The fourth-order valence-electron chi connectivity index (χ4n) is 1.81. The van der Waals surface area contributed by atoms with Crippen molar-refractivity contribution in [3.63, 3.8) is 0 Å². The zero-order valence-corrected chi connectivity index (χ0v) is 10.5. The number of anilines is 1. The number of nitrogens with zero attached hydrogens (tertiary/aromatic N) is 2. The van der Waals surface area contributed by atoms with E-state index in [4.69, 9.17) is 4.42 Å². The highest BCUT2D eigenvalue weighted by atomic mass is 16.6. The van der Waals surface area contributed by atoms with E-state index >= 15 is 0 Å². The number of nitro benzene ring substituents is 1. The molecular weight excluding hydrogens is 232 g/mol. The number of rotatable bonds is 3. The molecule has 0 aliphatic rings. The summed E-state index contributed by atoms with van der Waals surface area (Å²) in [5.74, 6) is 1.51. The van der Waals surface area contributed by atoms with E-state index in [0.717, 1.165) is 17.0 Å². The highest BCUT2D eigenvalue weighted by Gasteiger charge is 2.12. The highest BCUT2D eigenvalue weighted by Crippen LogP contribution is 2.30. The molecule has 0 atom stereocenters. The van der Waals surface area contributed by atoms with Gasteiger partial charge < -0.3 is 9.32 Å². The smallest absolute Gasteiger partial charge is 0.269 e. The Kier molecular flexibility index (Phi) is 3.06. The van der Waals surface area contributed by atoms with Gasteiger partial charge in [-0.25, -0.2) is 0 Å². The molecule has 2 aromatic rings. The van der Waals surface area contributed by atoms with Crippen molar-refractivity contribution < 1.29 is 9.34 Å². The van der Waals surface area contributed by atoms with Crippen molar-refractivity contribution in [3.05, 3.63) is 46.0 Å². The van der Waals surface area contributed by atoms with Crippen LogP contribution in [-0.4, -0.2) is 19.0 Å². The molecule has 0 N–H and O–H groups in total. The van der Waals surface area contributed by atoms with E-state index in [2.05, 4.69) is 0 Å². The minimum Gasteiger partial charge on any atom is -0.440 e. The third kappa shape index (κ3) is 2.20. The molecule has 0 saturated heterocycles. The zero-order chi connectivity index (χ0) is 13.3. The van der Waals surface area contributed by atoms with Crippen molar-refractivity contribution in [2.24, 2.45) is 0 Å². The molecule has 1 aromatic heterocycles. The maximum absolute atomic E-state index is 10.6. The molecule has 2 rings (SSSR count). The van der Waals surface area contributed by atoms with Crippen molar-refractivity contribution in [2.45, 2.75) is 6.92 Å². The van der Waals surface area contributed by atoms with Gasteiger partial charge in [0.1, 0.15) is 5.76 Å². The summed E-state index contributed by atoms with van der Waals surface area (Å²) in [6.07, 6.45) is 0. The van der Waals surface area contributed by atoms with Crippen LogP contribution in [0.5, 0.6) is 0 Å². The number of non-ortho nitro benzene ring substituents is 1. The average Bonchev–Trinajstić information content (AvgIpc) is 2.71. The van der Waals surface area contributed by atoms with Crippen LogP contribution in [0, 0.1) is 17.0 Å². The summed E-state index contributed by atoms with van der Waals surface area (Å²) in [5.41, 5.74) is 1.94. The minimum absolute atomic E-state index is 0.0786. The summed E-state index contributed by atoms with van der Waals surface area (Å²) >= 11 is 0. The van der Waals surface area contributed by atoms with Gasteiger partial charge in [0.15, 0.2) is 5.88 Å². The van der Waals surface area contributed by atoms with Crippen LogP contribution in [0.15, 0.2) is 34.7 Å². The first kappa shape index (κ1) is 12.2. The summed E-state index contributed by atoms with van der Waals surface area (Å²) in [7, 11) is 3.82. The molecule has 0 radical (unpaired) electrons. The fourth-order valence-corrected chi connectivity index (χ4v) is 1.81. The molecule has 0 aliphatic carbocycles. The molecule has 0 spiro atoms. The molecule has 0 bridgehead atoms. The zero-order valence-electron chi connectivity index (χ0n) is 10.5. The second kappa shape index (κ2) is 4.52. The van der Waals surface area contributed by atoms with Gasteiger partial charge in [-0.15, -0.1) is 0 Å². The second-order valence-electron chi connectivity index (χ2n) is 4.30. The second-order valence-corrected chi connectivity index (χ2v) is 4.30. The van der Waals surface area contributed by atoms with E-state index in [-0.39, 0.29) is 5.69 Å². The number of benzene rings is 1. The van der Waals surface area contributed by atoms with Gasteiger partial charge >= 0.3 is 0 Å². The third-order valence-corrected chi connectivity index (χ3v) is 2.66. The normalized spacial score (nSPS) is 10.4. The SMILES string of the molecule is Cc1cc(-c2ccc([N+](=O)[O-])cc2)oc1N(C)C. The van der Waals surface area contributed by atoms with Crippen LogP contribution in [0.4, 0.5) is 11.6 Å². The molecular formula is C13H14N2O3. The minimum atomic E-state index is -0.414. The fraction of sp³-hybridized carbons (Fsp3) is 0.231. The standard InChI is InChI=1S/C13H14N2O3/c1-9-8-12(18-13(9)14(2)3)10-4-6-11(7-5-10)15(16)17/h4-8H,1-3H3. The Morgan fingerprint density at radius 3 is 2.28 bits per heavy atom. The third-order valence-electron chi connectivity index (χ3n) is 2.66. The lowest BCUT2D eigenvalue weighted by molar-refractivity contribution is -0.384. The van der Waals surface area contributed by atoms with E-state index in [0.29, 0.717) is 5.76 Å². The summed E-state index contributed by atoms with van der Waals surface area (Å²) < 4.78 is 5.72. The first-order valence-electron chi connectivity index (χ1n) is 5.51. The maximum atomic E-state index is 10.6. The molecule has 5 heteroatoms. The average molecular weight is 246 g/mol. The van der Waals surface area contributed by atoms with E-state index in [1.807, 2.05) is 32.0 Å². The van der Waals surface area contributed by atoms with Crippen LogP contribution in [0.3, 0.4) is 0 Å². The van der Waals surface area contributed by atoms with Crippen molar-refractivity contribution in [1.82, 2.24) is 0 Å². The first-order valence-corrected chi connectivity index (χ1v) is 5.51. The lowest BCUT2D eigenvalue weighted by atomic mass is 10.1. The van der Waals surface area contributed by atoms with Gasteiger partial charge in [-0.1, -0.05) is 0 Å². The molecule has 1 aromatic carbocycles. The molecule has 1 heterocycles. The van der Waals surface area contributed by atoms with Crippen molar-refractivity contribution in [2.75, 3.05) is 19.0 Å². The molecule has 0 saturated carbocycles. The number of hydrogen-bond donors (Lipinski definition) is 0. The molecule has 94 valence electrons. The Balaban J connectivity index is 2.37. The molecule has 0 aliphatic heterocycles. The number of nitro groups is 1. The van der Waals surface area contributed by atoms with Crippen LogP contribution < -0.4 is 4.90 Å². The van der Waals surface area contributed by atoms with Gasteiger partial charge in [0, 0.05) is 37.4 Å². The summed E-state index contributed by atoms with van der Waals surface area (Å²) in [4.78, 5) is 12.1. The molecule has 0 unspecified atom stereocenters. The van der Waals surface area contributed by atoms with E-state index < -0.39 is 4.92 Å². The molecule has 0 amide bonds. The van der Waals surface area contributed by atoms with Crippen LogP contribution in [-0.2, 0) is 0 Å². The van der Waals surface area contributed by atoms with Gasteiger partial charge in [0.2, 0.25) is 0 Å². The quantitative estimate of drug-likeness (QED) is 0.616. The van der Waals surface area contributed by atoms with Gasteiger partial charge in [-0.05, 0) is 25.1 Å². The van der Waals surface area contributed by atoms with Gasteiger partial charge in [-0.2, -0.15) is 0 Å². The predicted molar refractivity (Wildman–Crippen MR) is 69.9 cm³/mol. The summed E-state index contributed by atoms with van der Waals surface area (Å²) in [6, 6.07) is 8.26. The highest BCUT2D eigenvalue weighted by molar-refractivity contribution is 5.63. The summed E-state index contributed by atoms with van der Waals surface area (Å²) in [5, 5.41) is 10.6. The molecule has 5 nitrogen and oxygen atoms in total. The van der Waals surface area contributed by atoms with Crippen LogP contribution >= 0.6 is 0 Å². The van der Waals surface area contributed by atoms with Crippen molar-refractivity contribution in [3.8, 4) is 11.3 Å². The number of furan rings is 1. The Bertz CT molecular complexity index is 570. The van der Waals surface area contributed by atoms with Gasteiger partial charge in [-0.3, -0.25) is 10.1 Å². The van der Waals surface area contributed by atoms with E-state index in [1.54, 1.807) is 12.1 Å². The number of aryl methyl sites for hydroxylation is 1. The van der Waals surface area contributed by atoms with E-state index in [1.165, 1.54) is 12.1 Å². The molecule has 18 heavy (non-hydrogen) atoms. The topological polar surface area (TPSA) is 59.5 Å². The van der Waals surface area contributed by atoms with Crippen LogP contribution in [0.25, 0.3) is 11.3 Å². The number of hydrogen-bond acceptors (Lipinski definition) is 4. The Morgan fingerprint density at radius 1 is 1.22 bits per heavy atom. The van der Waals surface area contributed by atoms with E-state index in [9.17, 15) is 10.1 Å². The largest absolute Gasteiger partial charge is 0.440 e. The maximum Gasteiger partial charge on any atom is 0.269 e.